The van der Waals surface area contributed by atoms with Gasteiger partial charge in [-0.25, -0.2) is 19.2 Å². The zero-order valence-electron chi connectivity index (χ0n) is 23.7. The minimum absolute atomic E-state index is 0.0151. The molecule has 4 atom stereocenters. The molecule has 222 valence electrons. The normalized spacial score (nSPS) is 23.3. The Hall–Kier alpha value is -2.68. The van der Waals surface area contributed by atoms with E-state index in [0.29, 0.717) is 0 Å². The first kappa shape index (κ1) is 35.3. The van der Waals surface area contributed by atoms with Crippen molar-refractivity contribution in [2.24, 2.45) is 0 Å². The molecule has 6 N–H and O–H groups in total. The molecule has 2 aliphatic rings. The van der Waals surface area contributed by atoms with Crippen LogP contribution in [0.2, 0.25) is 0 Å². The van der Waals surface area contributed by atoms with Crippen LogP contribution in [-0.2, 0) is 28.5 Å². The number of nitrogens with one attached hydrogen (secondary N) is 4. The van der Waals surface area contributed by atoms with Gasteiger partial charge in [-0.15, -0.1) is 0 Å². The second-order valence-corrected chi connectivity index (χ2v) is 10.6. The quantitative estimate of drug-likeness (QED) is 0.272. The molecular weight excluding hydrogens is 504 g/mol. The van der Waals surface area contributed by atoms with Crippen molar-refractivity contribution in [3.8, 4) is 0 Å². The Kier molecular flexibility index (Phi) is 15.8. The Labute approximate surface area is 224 Å². The van der Waals surface area contributed by atoms with Gasteiger partial charge in [-0.3, -0.25) is 0 Å². The van der Waals surface area contributed by atoms with Crippen LogP contribution in [0.5, 0.6) is 0 Å². The fraction of sp³-hybridized carbons (Fsp3) is 0.833. The molecule has 0 saturated carbocycles. The van der Waals surface area contributed by atoms with E-state index in [1.54, 1.807) is 14.2 Å². The minimum Gasteiger partial charge on any atom is -0.473 e. The van der Waals surface area contributed by atoms with Gasteiger partial charge in [0.15, 0.2) is 0 Å². The average Bonchev–Trinajstić information content (AvgIpc) is 2.78. The number of rotatable bonds is 4. The van der Waals surface area contributed by atoms with E-state index in [9.17, 15) is 9.59 Å². The molecule has 0 aliphatic carbocycles. The maximum atomic E-state index is 11.6. The molecule has 0 spiro atoms. The number of hydrogen-bond acceptors (Lipinski definition) is 10. The molecule has 2 rings (SSSR count). The fourth-order valence-electron chi connectivity index (χ4n) is 3.40. The number of carboxylic acid groups (broad SMARTS) is 2. The molecule has 0 bridgehead atoms. The Morgan fingerprint density at radius 1 is 0.684 bits per heavy atom. The van der Waals surface area contributed by atoms with Gasteiger partial charge in [0.05, 0.1) is 24.3 Å². The standard InChI is InChI=1S/2C11H22N2O3.C2H2O4/c2*1-11(2,3)16-10(14)13-8-5-6-12-7-9(8)15-4;3-1(4)2(5)6/h2*8-9,12H,5-7H2,1-4H3,(H,13,14);(H,3,4)(H,5,6)/t2*8-,9+;/m11./s1. The lowest BCUT2D eigenvalue weighted by atomic mass is 10.0. The fourth-order valence-corrected chi connectivity index (χ4v) is 3.40. The zero-order valence-corrected chi connectivity index (χ0v) is 23.7. The summed E-state index contributed by atoms with van der Waals surface area (Å²) in [6, 6.07) is 0.0576. The van der Waals surface area contributed by atoms with Crippen LogP contribution in [0.1, 0.15) is 54.4 Å². The molecule has 2 saturated heterocycles. The number of carbonyl (C=O) groups excluding carboxylic acids is 2. The third kappa shape index (κ3) is 16.9. The van der Waals surface area contributed by atoms with Crippen molar-refractivity contribution in [2.45, 2.75) is 89.9 Å². The van der Waals surface area contributed by atoms with Crippen LogP contribution < -0.4 is 21.3 Å². The van der Waals surface area contributed by atoms with Gasteiger partial charge in [0.1, 0.15) is 11.2 Å². The van der Waals surface area contributed by atoms with Crippen molar-refractivity contribution in [2.75, 3.05) is 40.4 Å². The van der Waals surface area contributed by atoms with Gasteiger partial charge >= 0.3 is 24.1 Å². The summed E-state index contributed by atoms with van der Waals surface area (Å²) >= 11 is 0. The summed E-state index contributed by atoms with van der Waals surface area (Å²) in [6.07, 6.45) is 1.00. The molecule has 14 heteroatoms. The number of hydrogen-bond donors (Lipinski definition) is 6. The third-order valence-electron chi connectivity index (χ3n) is 5.05. The van der Waals surface area contributed by atoms with Gasteiger partial charge in [-0.1, -0.05) is 0 Å². The number of amides is 2. The predicted molar refractivity (Wildman–Crippen MR) is 138 cm³/mol. The van der Waals surface area contributed by atoms with Crippen molar-refractivity contribution < 1.29 is 48.3 Å². The van der Waals surface area contributed by atoms with Crippen molar-refractivity contribution in [1.29, 1.82) is 0 Å². The first-order valence-electron chi connectivity index (χ1n) is 12.4. The van der Waals surface area contributed by atoms with E-state index in [0.717, 1.165) is 39.0 Å². The van der Waals surface area contributed by atoms with E-state index in [1.165, 1.54) is 0 Å². The van der Waals surface area contributed by atoms with Crippen LogP contribution in [0, 0.1) is 0 Å². The molecular formula is C24H46N4O10. The monoisotopic (exact) mass is 550 g/mol. The summed E-state index contributed by atoms with van der Waals surface area (Å²) in [7, 11) is 3.31. The number of carboxylic acids is 2. The zero-order chi connectivity index (χ0) is 29.5. The summed E-state index contributed by atoms with van der Waals surface area (Å²) in [4.78, 5) is 41.4. The maximum Gasteiger partial charge on any atom is 0.414 e. The highest BCUT2D eigenvalue weighted by Crippen LogP contribution is 2.12. The summed E-state index contributed by atoms with van der Waals surface area (Å²) in [6.45, 7) is 14.4. The highest BCUT2D eigenvalue weighted by molar-refractivity contribution is 6.27. The number of piperidine rings is 2. The van der Waals surface area contributed by atoms with Crippen LogP contribution in [0.15, 0.2) is 0 Å². The molecule has 2 aliphatic heterocycles. The average molecular weight is 551 g/mol. The Bertz CT molecular complexity index is 689. The largest absolute Gasteiger partial charge is 0.473 e. The topological polar surface area (TPSA) is 194 Å². The summed E-state index contributed by atoms with van der Waals surface area (Å²) in [5.74, 6) is -3.65. The highest BCUT2D eigenvalue weighted by atomic mass is 16.6. The second kappa shape index (κ2) is 17.0. The van der Waals surface area contributed by atoms with E-state index in [-0.39, 0.29) is 36.5 Å². The SMILES string of the molecule is CO[C@H]1CNCC[C@H]1NC(=O)OC(C)(C)C.CO[C@H]1CNCC[C@H]1NC(=O)OC(C)(C)C.O=C(O)C(=O)O. The van der Waals surface area contributed by atoms with Gasteiger partial charge in [-0.2, -0.15) is 0 Å². The second-order valence-electron chi connectivity index (χ2n) is 10.6. The van der Waals surface area contributed by atoms with Crippen molar-refractivity contribution >= 4 is 24.1 Å². The third-order valence-corrected chi connectivity index (χ3v) is 5.05. The maximum absolute atomic E-state index is 11.6. The molecule has 0 radical (unpaired) electrons. The van der Waals surface area contributed by atoms with E-state index >= 15 is 0 Å². The van der Waals surface area contributed by atoms with Crippen molar-refractivity contribution in [3.05, 3.63) is 0 Å². The lowest BCUT2D eigenvalue weighted by Gasteiger charge is -2.32. The van der Waals surface area contributed by atoms with Crippen molar-refractivity contribution in [3.63, 3.8) is 0 Å². The van der Waals surface area contributed by atoms with Gasteiger partial charge in [0.2, 0.25) is 0 Å². The smallest absolute Gasteiger partial charge is 0.414 e. The van der Waals surface area contributed by atoms with Crippen LogP contribution in [0.4, 0.5) is 9.59 Å². The number of alkyl carbamates (subject to hydrolysis) is 2. The first-order chi connectivity index (χ1) is 17.5. The molecule has 38 heavy (non-hydrogen) atoms. The van der Waals surface area contributed by atoms with E-state index in [2.05, 4.69) is 21.3 Å². The van der Waals surface area contributed by atoms with Crippen LogP contribution in [0.25, 0.3) is 0 Å². The number of aliphatic carboxylic acids is 2. The molecule has 0 aromatic rings. The van der Waals surface area contributed by atoms with Gasteiger partial charge in [-0.05, 0) is 67.5 Å². The van der Waals surface area contributed by atoms with Crippen molar-refractivity contribution in [1.82, 2.24) is 21.3 Å². The lowest BCUT2D eigenvalue weighted by Crippen LogP contribution is -2.54. The minimum atomic E-state index is -1.82. The van der Waals surface area contributed by atoms with Crippen LogP contribution in [0.3, 0.4) is 0 Å². The highest BCUT2D eigenvalue weighted by Gasteiger charge is 2.29. The predicted octanol–water partition coefficient (Wildman–Crippen LogP) is 0.932. The Morgan fingerprint density at radius 3 is 1.24 bits per heavy atom. The van der Waals surface area contributed by atoms with Gasteiger partial charge in [0.25, 0.3) is 0 Å². The van der Waals surface area contributed by atoms with E-state index in [4.69, 9.17) is 38.7 Å². The molecule has 14 nitrogen and oxygen atoms in total. The molecule has 2 heterocycles. The van der Waals surface area contributed by atoms with E-state index in [1.807, 2.05) is 41.5 Å². The molecule has 0 aromatic heterocycles. The lowest BCUT2D eigenvalue weighted by molar-refractivity contribution is -0.159. The van der Waals surface area contributed by atoms with Gasteiger partial charge < -0.3 is 50.4 Å². The molecule has 0 unspecified atom stereocenters. The number of carbonyl (C=O) groups is 4. The summed E-state index contributed by atoms with van der Waals surface area (Å²) < 4.78 is 21.0. The Morgan fingerprint density at radius 2 is 1.00 bits per heavy atom. The first-order valence-corrected chi connectivity index (χ1v) is 12.4. The molecule has 2 fully saturated rings. The number of ether oxygens (including phenoxy) is 4. The summed E-state index contributed by atoms with van der Waals surface area (Å²) in [5, 5.41) is 26.9. The molecule has 2 amide bonds. The van der Waals surface area contributed by atoms with Crippen LogP contribution >= 0.6 is 0 Å². The Balaban J connectivity index is 0.000000596. The molecule has 0 aromatic carbocycles. The van der Waals surface area contributed by atoms with Crippen LogP contribution in [-0.4, -0.2) is 110 Å². The summed E-state index contributed by atoms with van der Waals surface area (Å²) in [5.41, 5.74) is -0.918. The van der Waals surface area contributed by atoms with E-state index < -0.39 is 23.1 Å². The van der Waals surface area contributed by atoms with Gasteiger partial charge in [0, 0.05) is 27.3 Å². The number of methoxy groups -OCH3 is 2.